The second-order valence-corrected chi connectivity index (χ2v) is 6.22. The molecule has 0 spiro atoms. The maximum atomic E-state index is 12.0. The van der Waals surface area contributed by atoms with Crippen molar-refractivity contribution in [3.8, 4) is 5.69 Å². The van der Waals surface area contributed by atoms with Crippen LogP contribution in [0.2, 0.25) is 0 Å². The van der Waals surface area contributed by atoms with Crippen LogP contribution in [0, 0.1) is 6.92 Å². The average molecular weight is 416 g/mol. The molecule has 1 aromatic carbocycles. The fraction of sp³-hybridized carbons (Fsp3) is 0.214. The number of benzene rings is 1. The Bertz CT molecular complexity index is 761. The zero-order chi connectivity index (χ0) is 15.7. The van der Waals surface area contributed by atoms with Gasteiger partial charge in [-0.15, -0.1) is 0 Å². The molecule has 0 saturated heterocycles. The van der Waals surface area contributed by atoms with E-state index in [1.165, 1.54) is 4.68 Å². The standard InChI is InChI=1S/C14H12Br2N2O3/c1-3-8-6-18(17-11(13(8)19)14(20)21)12-9(15)4-7(2)5-10(12)16/h4-6H,3H2,1-2H3,(H,20,21). The third-order valence-electron chi connectivity index (χ3n) is 2.97. The van der Waals surface area contributed by atoms with Gasteiger partial charge < -0.3 is 5.11 Å². The molecule has 5 nitrogen and oxygen atoms in total. The van der Waals surface area contributed by atoms with E-state index in [1.807, 2.05) is 19.1 Å². The lowest BCUT2D eigenvalue weighted by Gasteiger charge is -2.13. The minimum Gasteiger partial charge on any atom is -0.476 e. The van der Waals surface area contributed by atoms with E-state index in [-0.39, 0.29) is 0 Å². The molecule has 0 bridgehead atoms. The van der Waals surface area contributed by atoms with Gasteiger partial charge >= 0.3 is 5.97 Å². The van der Waals surface area contributed by atoms with Crippen molar-refractivity contribution in [2.75, 3.05) is 0 Å². The summed E-state index contributed by atoms with van der Waals surface area (Å²) in [5.41, 5.74) is 1.07. The number of carboxylic acid groups (broad SMARTS) is 1. The van der Waals surface area contributed by atoms with Crippen molar-refractivity contribution < 1.29 is 9.90 Å². The number of hydrogen-bond donors (Lipinski definition) is 1. The molecule has 0 amide bonds. The highest BCUT2D eigenvalue weighted by Gasteiger charge is 2.17. The summed E-state index contributed by atoms with van der Waals surface area (Å²) in [7, 11) is 0. The van der Waals surface area contributed by atoms with Gasteiger partial charge in [-0.05, 0) is 62.9 Å². The molecule has 0 unspecified atom stereocenters. The number of hydrogen-bond acceptors (Lipinski definition) is 3. The number of aromatic carboxylic acids is 1. The minimum absolute atomic E-state index is 0.404. The molecule has 1 N–H and O–H groups in total. The predicted molar refractivity (Wildman–Crippen MR) is 86.3 cm³/mol. The average Bonchev–Trinajstić information content (AvgIpc) is 2.38. The molecule has 0 aliphatic heterocycles. The number of carboxylic acids is 1. The van der Waals surface area contributed by atoms with Gasteiger partial charge in [-0.2, -0.15) is 5.10 Å². The van der Waals surface area contributed by atoms with Crippen LogP contribution in [0.4, 0.5) is 0 Å². The summed E-state index contributed by atoms with van der Waals surface area (Å²) < 4.78 is 2.92. The van der Waals surface area contributed by atoms with Crippen molar-refractivity contribution in [1.29, 1.82) is 0 Å². The van der Waals surface area contributed by atoms with Crippen molar-refractivity contribution in [3.63, 3.8) is 0 Å². The summed E-state index contributed by atoms with van der Waals surface area (Å²) in [6.45, 7) is 3.74. The molecule has 21 heavy (non-hydrogen) atoms. The van der Waals surface area contributed by atoms with E-state index in [0.717, 1.165) is 14.5 Å². The van der Waals surface area contributed by atoms with Crippen molar-refractivity contribution in [3.05, 3.63) is 54.3 Å². The second-order valence-electron chi connectivity index (χ2n) is 4.51. The lowest BCUT2D eigenvalue weighted by Crippen LogP contribution is -2.24. The summed E-state index contributed by atoms with van der Waals surface area (Å²) in [6, 6.07) is 3.79. The van der Waals surface area contributed by atoms with Gasteiger partial charge in [-0.3, -0.25) is 4.79 Å². The van der Waals surface area contributed by atoms with Gasteiger partial charge in [0.1, 0.15) is 0 Å². The number of nitrogens with zero attached hydrogens (tertiary/aromatic N) is 2. The van der Waals surface area contributed by atoms with Crippen LogP contribution in [0.25, 0.3) is 5.69 Å². The Morgan fingerprint density at radius 1 is 1.33 bits per heavy atom. The van der Waals surface area contributed by atoms with Crippen LogP contribution < -0.4 is 5.43 Å². The Balaban J connectivity index is 2.79. The van der Waals surface area contributed by atoms with E-state index in [0.29, 0.717) is 17.7 Å². The molecule has 0 saturated carbocycles. The maximum Gasteiger partial charge on any atom is 0.360 e. The Kier molecular flexibility index (Phi) is 4.63. The smallest absolute Gasteiger partial charge is 0.360 e. The monoisotopic (exact) mass is 414 g/mol. The molecule has 0 radical (unpaired) electrons. The number of aromatic nitrogens is 2. The van der Waals surface area contributed by atoms with Crippen LogP contribution in [-0.4, -0.2) is 20.9 Å². The van der Waals surface area contributed by atoms with Crippen LogP contribution in [0.1, 0.15) is 28.5 Å². The third-order valence-corrected chi connectivity index (χ3v) is 4.18. The first kappa shape index (κ1) is 15.9. The highest BCUT2D eigenvalue weighted by atomic mass is 79.9. The van der Waals surface area contributed by atoms with Gasteiger partial charge in [-0.1, -0.05) is 6.92 Å². The van der Waals surface area contributed by atoms with Gasteiger partial charge in [0.05, 0.1) is 5.69 Å². The predicted octanol–water partition coefficient (Wildman–Crippen LogP) is 3.33. The third kappa shape index (κ3) is 3.08. The Hall–Kier alpha value is -1.47. The van der Waals surface area contributed by atoms with E-state index in [2.05, 4.69) is 37.0 Å². The first-order valence-corrected chi connectivity index (χ1v) is 7.76. The number of aryl methyl sites for hydroxylation is 2. The summed E-state index contributed by atoms with van der Waals surface area (Å²) in [6.07, 6.45) is 2.00. The Labute approximate surface area is 137 Å². The fourth-order valence-corrected chi connectivity index (χ4v) is 3.74. The van der Waals surface area contributed by atoms with Crippen molar-refractivity contribution in [2.45, 2.75) is 20.3 Å². The quantitative estimate of drug-likeness (QED) is 0.834. The maximum absolute atomic E-state index is 12.0. The van der Waals surface area contributed by atoms with Gasteiger partial charge in [0.2, 0.25) is 11.1 Å². The highest BCUT2D eigenvalue weighted by molar-refractivity contribution is 9.11. The van der Waals surface area contributed by atoms with Gasteiger partial charge in [-0.25, -0.2) is 9.48 Å². The van der Waals surface area contributed by atoms with Crippen molar-refractivity contribution in [2.24, 2.45) is 0 Å². The normalized spacial score (nSPS) is 10.7. The van der Waals surface area contributed by atoms with Crippen LogP contribution in [-0.2, 0) is 6.42 Å². The second kappa shape index (κ2) is 6.11. The van der Waals surface area contributed by atoms with Gasteiger partial charge in [0, 0.05) is 20.7 Å². The van der Waals surface area contributed by atoms with Crippen LogP contribution >= 0.6 is 31.9 Å². The molecule has 1 aromatic heterocycles. The zero-order valence-corrected chi connectivity index (χ0v) is 14.5. The van der Waals surface area contributed by atoms with Crippen LogP contribution in [0.3, 0.4) is 0 Å². The van der Waals surface area contributed by atoms with E-state index < -0.39 is 17.1 Å². The largest absolute Gasteiger partial charge is 0.476 e. The molecule has 7 heteroatoms. The molecule has 110 valence electrons. The van der Waals surface area contributed by atoms with E-state index >= 15 is 0 Å². The first-order valence-electron chi connectivity index (χ1n) is 6.17. The fourth-order valence-electron chi connectivity index (χ4n) is 1.96. The first-order chi connectivity index (χ1) is 9.85. The van der Waals surface area contributed by atoms with E-state index in [4.69, 9.17) is 5.11 Å². The van der Waals surface area contributed by atoms with Crippen molar-refractivity contribution in [1.82, 2.24) is 9.78 Å². The Morgan fingerprint density at radius 2 is 1.90 bits per heavy atom. The molecule has 2 aromatic rings. The van der Waals surface area contributed by atoms with Crippen LogP contribution in [0.15, 0.2) is 32.1 Å². The SMILES string of the molecule is CCc1cn(-c2c(Br)cc(C)cc2Br)nc(C(=O)O)c1=O. The number of halogens is 2. The highest BCUT2D eigenvalue weighted by Crippen LogP contribution is 2.30. The van der Waals surface area contributed by atoms with E-state index in [1.54, 1.807) is 13.1 Å². The lowest BCUT2D eigenvalue weighted by atomic mass is 10.2. The molecule has 0 aliphatic carbocycles. The number of rotatable bonds is 3. The minimum atomic E-state index is -1.33. The van der Waals surface area contributed by atoms with Gasteiger partial charge in [0.25, 0.3) is 0 Å². The molecular formula is C14H12Br2N2O3. The summed E-state index contributed by atoms with van der Waals surface area (Å²) >= 11 is 6.89. The summed E-state index contributed by atoms with van der Waals surface area (Å²) in [5, 5.41) is 13.1. The topological polar surface area (TPSA) is 72.2 Å². The Morgan fingerprint density at radius 3 is 2.38 bits per heavy atom. The number of carbonyl (C=O) groups is 1. The molecule has 2 rings (SSSR count). The summed E-state index contributed by atoms with van der Waals surface area (Å²) in [5.74, 6) is -1.33. The van der Waals surface area contributed by atoms with Gasteiger partial charge in [0.15, 0.2) is 0 Å². The molecule has 0 fully saturated rings. The van der Waals surface area contributed by atoms with Crippen molar-refractivity contribution >= 4 is 37.8 Å². The van der Waals surface area contributed by atoms with Crippen LogP contribution in [0.5, 0.6) is 0 Å². The zero-order valence-electron chi connectivity index (χ0n) is 11.4. The van der Waals surface area contributed by atoms with E-state index in [9.17, 15) is 9.59 Å². The molecule has 1 heterocycles. The molecule has 0 atom stereocenters. The summed E-state index contributed by atoms with van der Waals surface area (Å²) in [4.78, 5) is 23.2. The lowest BCUT2D eigenvalue weighted by molar-refractivity contribution is 0.0686. The molecule has 0 aliphatic rings. The molecular weight excluding hydrogens is 404 g/mol.